The molecule has 0 heterocycles. The van der Waals surface area contributed by atoms with Gasteiger partial charge < -0.3 is 29.7 Å². The zero-order valence-electron chi connectivity index (χ0n) is 18.1. The maximum Gasteiger partial charge on any atom is 0.410 e. The van der Waals surface area contributed by atoms with Crippen LogP contribution in [-0.2, 0) is 4.74 Å². The Kier molecular flexibility index (Phi) is 10.3. The van der Waals surface area contributed by atoms with Crippen LogP contribution in [0.3, 0.4) is 0 Å². The summed E-state index contributed by atoms with van der Waals surface area (Å²) in [6.07, 6.45) is 1.30. The van der Waals surface area contributed by atoms with Crippen LogP contribution in [0.4, 0.5) is 10.5 Å². The van der Waals surface area contributed by atoms with E-state index >= 15 is 0 Å². The standard InChI is InChI=1S/C20H32ClN3O4S/c1-7-10-24(19(25)28-20(2,3)4)11-8-9-22-18(29)23-15-13-16(26-5)14(21)12-17(15)27-6/h12-13H,7-11H2,1-6H3,(H2,22,23,29). The minimum Gasteiger partial charge on any atom is -0.495 e. The van der Waals surface area contributed by atoms with Gasteiger partial charge in [0.15, 0.2) is 5.11 Å². The first-order valence-electron chi connectivity index (χ1n) is 9.55. The minimum atomic E-state index is -0.508. The van der Waals surface area contributed by atoms with E-state index in [0.29, 0.717) is 47.0 Å². The Morgan fingerprint density at radius 2 is 1.83 bits per heavy atom. The molecule has 0 spiro atoms. The van der Waals surface area contributed by atoms with Gasteiger partial charge in [0.2, 0.25) is 0 Å². The van der Waals surface area contributed by atoms with Crippen LogP contribution in [0.25, 0.3) is 0 Å². The Hall–Kier alpha value is -1.93. The molecule has 0 bridgehead atoms. The molecule has 0 saturated heterocycles. The van der Waals surface area contributed by atoms with E-state index in [9.17, 15) is 4.79 Å². The van der Waals surface area contributed by atoms with E-state index < -0.39 is 5.60 Å². The highest BCUT2D eigenvalue weighted by molar-refractivity contribution is 7.80. The number of carbonyl (C=O) groups is 1. The molecule has 9 heteroatoms. The van der Waals surface area contributed by atoms with Gasteiger partial charge in [-0.05, 0) is 45.8 Å². The van der Waals surface area contributed by atoms with Crippen molar-refractivity contribution >= 4 is 40.7 Å². The van der Waals surface area contributed by atoms with E-state index in [1.54, 1.807) is 31.3 Å². The third kappa shape index (κ3) is 8.95. The lowest BCUT2D eigenvalue weighted by molar-refractivity contribution is 0.0248. The van der Waals surface area contributed by atoms with Gasteiger partial charge in [-0.3, -0.25) is 0 Å². The molecule has 0 saturated carbocycles. The average Bonchev–Trinajstić information content (AvgIpc) is 2.63. The van der Waals surface area contributed by atoms with Gasteiger partial charge in [0.1, 0.15) is 17.1 Å². The van der Waals surface area contributed by atoms with Crippen molar-refractivity contribution in [2.45, 2.75) is 46.1 Å². The maximum atomic E-state index is 12.3. The predicted molar refractivity (Wildman–Crippen MR) is 121 cm³/mol. The highest BCUT2D eigenvalue weighted by Gasteiger charge is 2.21. The normalized spacial score (nSPS) is 10.9. The summed E-state index contributed by atoms with van der Waals surface area (Å²) in [7, 11) is 3.10. The molecule has 7 nitrogen and oxygen atoms in total. The van der Waals surface area contributed by atoms with E-state index in [0.717, 1.165) is 12.8 Å². The highest BCUT2D eigenvalue weighted by atomic mass is 35.5. The van der Waals surface area contributed by atoms with Gasteiger partial charge in [0, 0.05) is 31.8 Å². The molecular weight excluding hydrogens is 414 g/mol. The summed E-state index contributed by atoms with van der Waals surface area (Å²) in [6.45, 7) is 9.45. The number of amides is 1. The van der Waals surface area contributed by atoms with Crippen LogP contribution < -0.4 is 20.1 Å². The number of hydrogen-bond acceptors (Lipinski definition) is 5. The van der Waals surface area contributed by atoms with Crippen LogP contribution in [0, 0.1) is 0 Å². The molecule has 29 heavy (non-hydrogen) atoms. The number of ether oxygens (including phenoxy) is 3. The topological polar surface area (TPSA) is 72.1 Å². The first kappa shape index (κ1) is 25.1. The zero-order chi connectivity index (χ0) is 22.0. The number of carbonyl (C=O) groups excluding carboxylic acids is 1. The van der Waals surface area contributed by atoms with Crippen molar-refractivity contribution in [3.63, 3.8) is 0 Å². The lowest BCUT2D eigenvalue weighted by Crippen LogP contribution is -2.39. The number of methoxy groups -OCH3 is 2. The number of rotatable bonds is 9. The van der Waals surface area contributed by atoms with Gasteiger partial charge in [0.05, 0.1) is 24.9 Å². The van der Waals surface area contributed by atoms with Crippen molar-refractivity contribution < 1.29 is 19.0 Å². The SMILES string of the molecule is CCCN(CCCNC(=S)Nc1cc(OC)c(Cl)cc1OC)C(=O)OC(C)(C)C. The summed E-state index contributed by atoms with van der Waals surface area (Å²) in [4.78, 5) is 14.0. The third-order valence-electron chi connectivity index (χ3n) is 3.76. The Morgan fingerprint density at radius 1 is 1.17 bits per heavy atom. The van der Waals surface area contributed by atoms with Gasteiger partial charge in [-0.2, -0.15) is 0 Å². The van der Waals surface area contributed by atoms with Crippen LogP contribution >= 0.6 is 23.8 Å². The van der Waals surface area contributed by atoms with Crippen molar-refractivity contribution in [3.8, 4) is 11.5 Å². The second-order valence-corrected chi connectivity index (χ2v) is 8.20. The first-order chi connectivity index (χ1) is 13.6. The molecule has 0 aliphatic rings. The smallest absolute Gasteiger partial charge is 0.410 e. The Balaban J connectivity index is 2.55. The van der Waals surface area contributed by atoms with Crippen molar-refractivity contribution in [2.24, 2.45) is 0 Å². The predicted octanol–water partition coefficient (Wildman–Crippen LogP) is 4.68. The van der Waals surface area contributed by atoms with Crippen molar-refractivity contribution in [2.75, 3.05) is 39.2 Å². The van der Waals surface area contributed by atoms with Gasteiger partial charge >= 0.3 is 6.09 Å². The Bertz CT molecular complexity index is 695. The number of nitrogens with one attached hydrogen (secondary N) is 2. The summed E-state index contributed by atoms with van der Waals surface area (Å²) in [5, 5.41) is 7.10. The van der Waals surface area contributed by atoms with Crippen LogP contribution in [0.2, 0.25) is 5.02 Å². The maximum absolute atomic E-state index is 12.3. The first-order valence-corrected chi connectivity index (χ1v) is 10.3. The molecule has 0 fully saturated rings. The van der Waals surface area contributed by atoms with E-state index in [1.165, 1.54) is 0 Å². The van der Waals surface area contributed by atoms with E-state index in [1.807, 2.05) is 27.7 Å². The second kappa shape index (κ2) is 11.9. The second-order valence-electron chi connectivity index (χ2n) is 7.39. The number of anilines is 1. The average molecular weight is 446 g/mol. The largest absolute Gasteiger partial charge is 0.495 e. The molecule has 1 rings (SSSR count). The molecule has 0 aliphatic carbocycles. The summed E-state index contributed by atoms with van der Waals surface area (Å²) in [5.41, 5.74) is 0.138. The number of nitrogens with zero attached hydrogens (tertiary/aromatic N) is 1. The van der Waals surface area contributed by atoms with Gasteiger partial charge in [0.25, 0.3) is 0 Å². The van der Waals surface area contributed by atoms with Crippen molar-refractivity contribution in [1.82, 2.24) is 10.2 Å². The molecule has 1 amide bonds. The lowest BCUT2D eigenvalue weighted by Gasteiger charge is -2.27. The molecular formula is C20H32ClN3O4S. The van der Waals surface area contributed by atoms with Crippen LogP contribution in [0.1, 0.15) is 40.5 Å². The number of hydrogen-bond donors (Lipinski definition) is 2. The molecule has 1 aromatic carbocycles. The van der Waals surface area contributed by atoms with Gasteiger partial charge in [-0.15, -0.1) is 0 Å². The molecule has 0 aliphatic heterocycles. The fourth-order valence-electron chi connectivity index (χ4n) is 2.49. The molecule has 1 aromatic rings. The molecule has 0 unspecified atom stereocenters. The number of halogens is 1. The fourth-order valence-corrected chi connectivity index (χ4v) is 2.93. The lowest BCUT2D eigenvalue weighted by atomic mass is 10.2. The summed E-state index contributed by atoms with van der Waals surface area (Å²) < 4.78 is 16.0. The molecule has 0 radical (unpaired) electrons. The Labute approximate surface area is 184 Å². The highest BCUT2D eigenvalue weighted by Crippen LogP contribution is 2.35. The van der Waals surface area contributed by atoms with Gasteiger partial charge in [-0.1, -0.05) is 18.5 Å². The monoisotopic (exact) mass is 445 g/mol. The fraction of sp³-hybridized carbons (Fsp3) is 0.600. The molecule has 2 N–H and O–H groups in total. The van der Waals surface area contributed by atoms with Crippen LogP contribution in [0.15, 0.2) is 12.1 Å². The summed E-state index contributed by atoms with van der Waals surface area (Å²) in [5.74, 6) is 1.07. The van der Waals surface area contributed by atoms with Crippen molar-refractivity contribution in [3.05, 3.63) is 17.2 Å². The van der Waals surface area contributed by atoms with E-state index in [4.69, 9.17) is 38.0 Å². The summed E-state index contributed by atoms with van der Waals surface area (Å²) >= 11 is 11.5. The summed E-state index contributed by atoms with van der Waals surface area (Å²) in [6, 6.07) is 3.38. The quantitative estimate of drug-likeness (QED) is 0.422. The molecule has 0 atom stereocenters. The number of thiocarbonyl (C=S) groups is 1. The van der Waals surface area contributed by atoms with Gasteiger partial charge in [-0.25, -0.2) is 4.79 Å². The van der Waals surface area contributed by atoms with Crippen molar-refractivity contribution in [1.29, 1.82) is 0 Å². The van der Waals surface area contributed by atoms with E-state index in [-0.39, 0.29) is 6.09 Å². The van der Waals surface area contributed by atoms with Crippen LogP contribution in [-0.4, -0.2) is 55.6 Å². The van der Waals surface area contributed by atoms with E-state index in [2.05, 4.69) is 10.6 Å². The Morgan fingerprint density at radius 3 is 2.38 bits per heavy atom. The molecule has 0 aromatic heterocycles. The molecule has 164 valence electrons. The number of benzene rings is 1. The zero-order valence-corrected chi connectivity index (χ0v) is 19.6. The van der Waals surface area contributed by atoms with Crippen LogP contribution in [0.5, 0.6) is 11.5 Å². The minimum absolute atomic E-state index is 0.293. The third-order valence-corrected chi connectivity index (χ3v) is 4.30.